The van der Waals surface area contributed by atoms with Gasteiger partial charge in [-0.3, -0.25) is 9.59 Å². The van der Waals surface area contributed by atoms with Crippen molar-refractivity contribution in [1.29, 1.82) is 0 Å². The van der Waals surface area contributed by atoms with Gasteiger partial charge in [0.25, 0.3) is 0 Å². The van der Waals surface area contributed by atoms with Crippen LogP contribution >= 0.6 is 0 Å². The van der Waals surface area contributed by atoms with Crippen LogP contribution in [0.3, 0.4) is 0 Å². The number of nitrogens with one attached hydrogen (secondary N) is 1. The summed E-state index contributed by atoms with van der Waals surface area (Å²) in [5.41, 5.74) is -0.235. The number of amides is 2. The summed E-state index contributed by atoms with van der Waals surface area (Å²) >= 11 is 0. The van der Waals surface area contributed by atoms with Crippen molar-refractivity contribution in [2.45, 2.75) is 19.5 Å². The highest BCUT2D eigenvalue weighted by Crippen LogP contribution is 2.30. The highest BCUT2D eigenvalue weighted by atomic mass is 19.4. The van der Waals surface area contributed by atoms with Crippen LogP contribution in [0.2, 0.25) is 0 Å². The quantitative estimate of drug-likeness (QED) is 0.821. The Labute approximate surface area is 154 Å². The number of benzene rings is 2. The minimum atomic E-state index is -4.49. The van der Waals surface area contributed by atoms with Gasteiger partial charge in [-0.25, -0.2) is 0 Å². The highest BCUT2D eigenvalue weighted by Gasteiger charge is 2.30. The lowest BCUT2D eigenvalue weighted by Crippen LogP contribution is -2.32. The van der Waals surface area contributed by atoms with Crippen LogP contribution in [0.5, 0.6) is 5.75 Å². The molecule has 0 fully saturated rings. The number of ether oxygens (including phenoxy) is 1. The second kappa shape index (κ2) is 8.57. The van der Waals surface area contributed by atoms with Crippen LogP contribution in [0, 0.1) is 0 Å². The number of halogens is 3. The van der Waals surface area contributed by atoms with Gasteiger partial charge in [-0.2, -0.15) is 13.2 Å². The maximum Gasteiger partial charge on any atom is 0.416 e. The minimum Gasteiger partial charge on any atom is -0.497 e. The predicted molar refractivity (Wildman–Crippen MR) is 95.7 cm³/mol. The van der Waals surface area contributed by atoms with Gasteiger partial charge in [-0.05, 0) is 30.3 Å². The molecule has 144 valence electrons. The number of carbonyl (C=O) groups is 2. The summed E-state index contributed by atoms with van der Waals surface area (Å²) in [6, 6.07) is 11.2. The normalized spacial score (nSPS) is 11.0. The number of nitrogens with zero attached hydrogens (tertiary/aromatic N) is 1. The SMILES string of the molecule is COc1cccc(N(CCC(=O)Nc2cccc(C(F)(F)F)c2)C(C)=O)c1. The number of anilines is 2. The van der Waals surface area contributed by atoms with Gasteiger partial charge in [0.05, 0.1) is 12.7 Å². The smallest absolute Gasteiger partial charge is 0.416 e. The Kier molecular flexibility index (Phi) is 6.44. The molecule has 0 unspecified atom stereocenters. The van der Waals surface area contributed by atoms with Crippen molar-refractivity contribution in [2.75, 3.05) is 23.9 Å². The number of carbonyl (C=O) groups excluding carboxylic acids is 2. The molecule has 0 heterocycles. The van der Waals surface area contributed by atoms with Crippen molar-refractivity contribution in [2.24, 2.45) is 0 Å². The lowest BCUT2D eigenvalue weighted by atomic mass is 10.2. The summed E-state index contributed by atoms with van der Waals surface area (Å²) < 4.78 is 43.3. The summed E-state index contributed by atoms with van der Waals surface area (Å²) in [5, 5.41) is 2.42. The molecular formula is C19H19F3N2O3. The fraction of sp³-hybridized carbons (Fsp3) is 0.263. The van der Waals surface area contributed by atoms with Crippen LogP contribution in [0.4, 0.5) is 24.5 Å². The van der Waals surface area contributed by atoms with Crippen LogP contribution < -0.4 is 15.0 Å². The van der Waals surface area contributed by atoms with Gasteiger partial charge in [0.2, 0.25) is 11.8 Å². The molecule has 2 aromatic carbocycles. The van der Waals surface area contributed by atoms with Crippen molar-refractivity contribution in [3.05, 3.63) is 54.1 Å². The number of methoxy groups -OCH3 is 1. The van der Waals surface area contributed by atoms with E-state index in [2.05, 4.69) is 5.32 Å². The molecule has 5 nitrogen and oxygen atoms in total. The number of rotatable bonds is 6. The zero-order valence-corrected chi connectivity index (χ0v) is 14.8. The van der Waals surface area contributed by atoms with Crippen LogP contribution in [-0.4, -0.2) is 25.5 Å². The summed E-state index contributed by atoms with van der Waals surface area (Å²) in [4.78, 5) is 25.4. The molecule has 0 aliphatic heterocycles. The Morgan fingerprint density at radius 3 is 2.44 bits per heavy atom. The third-order valence-electron chi connectivity index (χ3n) is 3.78. The summed E-state index contributed by atoms with van der Waals surface area (Å²) in [7, 11) is 1.50. The Balaban J connectivity index is 2.03. The Morgan fingerprint density at radius 2 is 1.81 bits per heavy atom. The minimum absolute atomic E-state index is 0.0468. The standard InChI is InChI=1S/C19H19F3N2O3/c1-13(25)24(16-7-4-8-17(12-16)27-2)10-9-18(26)23-15-6-3-5-14(11-15)19(20,21)22/h3-8,11-12H,9-10H2,1-2H3,(H,23,26). The predicted octanol–water partition coefficient (Wildman–Crippen LogP) is 4.10. The number of alkyl halides is 3. The maximum atomic E-state index is 12.7. The first-order valence-corrected chi connectivity index (χ1v) is 8.10. The summed E-state index contributed by atoms with van der Waals surface area (Å²) in [6.45, 7) is 1.44. The first-order chi connectivity index (χ1) is 12.7. The zero-order valence-electron chi connectivity index (χ0n) is 14.8. The van der Waals surface area contributed by atoms with E-state index in [1.54, 1.807) is 24.3 Å². The highest BCUT2D eigenvalue weighted by molar-refractivity contribution is 5.95. The molecule has 0 atom stereocenters. The van der Waals surface area contributed by atoms with E-state index in [-0.39, 0.29) is 24.6 Å². The van der Waals surface area contributed by atoms with Crippen LogP contribution in [0.1, 0.15) is 18.9 Å². The Bertz CT molecular complexity index is 822. The second-order valence-corrected chi connectivity index (χ2v) is 5.75. The molecule has 0 spiro atoms. The second-order valence-electron chi connectivity index (χ2n) is 5.75. The molecule has 2 rings (SSSR count). The van der Waals surface area contributed by atoms with E-state index in [1.807, 2.05) is 0 Å². The van der Waals surface area contributed by atoms with Gasteiger partial charge in [0, 0.05) is 37.3 Å². The molecule has 2 amide bonds. The molecule has 0 saturated carbocycles. The molecule has 0 saturated heterocycles. The van der Waals surface area contributed by atoms with Crippen molar-refractivity contribution >= 4 is 23.2 Å². The third-order valence-corrected chi connectivity index (χ3v) is 3.78. The van der Waals surface area contributed by atoms with E-state index in [1.165, 1.54) is 31.1 Å². The van der Waals surface area contributed by atoms with Gasteiger partial charge < -0.3 is 15.0 Å². The largest absolute Gasteiger partial charge is 0.497 e. The summed E-state index contributed by atoms with van der Waals surface area (Å²) in [5.74, 6) is -0.203. The average Bonchev–Trinajstić information content (AvgIpc) is 2.61. The van der Waals surface area contributed by atoms with Crippen LogP contribution in [0.25, 0.3) is 0 Å². The molecule has 1 N–H and O–H groups in total. The fourth-order valence-corrected chi connectivity index (χ4v) is 2.46. The molecular weight excluding hydrogens is 361 g/mol. The molecule has 0 radical (unpaired) electrons. The van der Waals surface area contributed by atoms with E-state index < -0.39 is 17.6 Å². The van der Waals surface area contributed by atoms with Crippen molar-refractivity contribution in [3.8, 4) is 5.75 Å². The molecule has 0 aliphatic rings. The lowest BCUT2D eigenvalue weighted by molar-refractivity contribution is -0.137. The van der Waals surface area contributed by atoms with Crippen LogP contribution in [-0.2, 0) is 15.8 Å². The van der Waals surface area contributed by atoms with Crippen LogP contribution in [0.15, 0.2) is 48.5 Å². The van der Waals surface area contributed by atoms with Crippen molar-refractivity contribution in [3.63, 3.8) is 0 Å². The molecule has 0 bridgehead atoms. The molecule has 0 aromatic heterocycles. The first kappa shape index (κ1) is 20.3. The van der Waals surface area contributed by atoms with E-state index in [0.717, 1.165) is 12.1 Å². The first-order valence-electron chi connectivity index (χ1n) is 8.10. The number of hydrogen-bond acceptors (Lipinski definition) is 3. The van der Waals surface area contributed by atoms with E-state index in [4.69, 9.17) is 4.74 Å². The lowest BCUT2D eigenvalue weighted by Gasteiger charge is -2.21. The molecule has 27 heavy (non-hydrogen) atoms. The summed E-state index contributed by atoms with van der Waals surface area (Å²) in [6.07, 6.45) is -4.56. The molecule has 2 aromatic rings. The van der Waals surface area contributed by atoms with Gasteiger partial charge in [0.1, 0.15) is 5.75 Å². The zero-order chi connectivity index (χ0) is 20.0. The van der Waals surface area contributed by atoms with Gasteiger partial charge in [0.15, 0.2) is 0 Å². The topological polar surface area (TPSA) is 58.6 Å². The molecule has 0 aliphatic carbocycles. The number of hydrogen-bond donors (Lipinski definition) is 1. The van der Waals surface area contributed by atoms with Gasteiger partial charge >= 0.3 is 6.18 Å². The van der Waals surface area contributed by atoms with E-state index in [0.29, 0.717) is 11.4 Å². The van der Waals surface area contributed by atoms with Crippen molar-refractivity contribution < 1.29 is 27.5 Å². The van der Waals surface area contributed by atoms with Gasteiger partial charge in [-0.15, -0.1) is 0 Å². The maximum absolute atomic E-state index is 12.7. The average molecular weight is 380 g/mol. The fourth-order valence-electron chi connectivity index (χ4n) is 2.46. The monoisotopic (exact) mass is 380 g/mol. The Morgan fingerprint density at radius 1 is 1.11 bits per heavy atom. The van der Waals surface area contributed by atoms with Crippen molar-refractivity contribution in [1.82, 2.24) is 0 Å². The van der Waals surface area contributed by atoms with Gasteiger partial charge in [-0.1, -0.05) is 12.1 Å². The molecule has 8 heteroatoms. The van der Waals surface area contributed by atoms with E-state index >= 15 is 0 Å². The third kappa shape index (κ3) is 5.73. The van der Waals surface area contributed by atoms with E-state index in [9.17, 15) is 22.8 Å². The Hall–Kier alpha value is -3.03.